The SMILES string of the molecule is Cc1c[pH]c(C=c2ccc3c(c2-c2c4c(ccc2=Cc2[pH]cc(C)c2C)=CC=CC4)CC=CC=3)c1C. The lowest BCUT2D eigenvalue weighted by molar-refractivity contribution is 1.18. The number of hydrogen-bond acceptors (Lipinski definition) is 0. The van der Waals surface area contributed by atoms with E-state index in [2.05, 4.69) is 112 Å². The van der Waals surface area contributed by atoms with Crippen molar-refractivity contribution in [1.82, 2.24) is 0 Å². The lowest BCUT2D eigenvalue weighted by Gasteiger charge is -2.19. The number of allylic oxidation sites excluding steroid dienone is 4. The van der Waals surface area contributed by atoms with Gasteiger partial charge >= 0.3 is 0 Å². The van der Waals surface area contributed by atoms with E-state index in [1.165, 1.54) is 76.0 Å². The minimum atomic E-state index is 0.753. The van der Waals surface area contributed by atoms with Crippen LogP contribution in [0, 0.1) is 27.7 Å². The zero-order valence-electron chi connectivity index (χ0n) is 21.5. The Morgan fingerprint density at radius 3 is 1.44 bits per heavy atom. The average molecular weight is 503 g/mol. The van der Waals surface area contributed by atoms with Crippen molar-refractivity contribution in [1.29, 1.82) is 0 Å². The lowest BCUT2D eigenvalue weighted by Crippen LogP contribution is -2.27. The summed E-state index contributed by atoms with van der Waals surface area (Å²) in [6, 6.07) is 9.37. The van der Waals surface area contributed by atoms with Crippen molar-refractivity contribution in [2.45, 2.75) is 40.5 Å². The van der Waals surface area contributed by atoms with Gasteiger partial charge in [-0.15, -0.1) is 16.4 Å². The van der Waals surface area contributed by atoms with E-state index >= 15 is 0 Å². The first-order chi connectivity index (χ1) is 17.5. The third-order valence-corrected chi connectivity index (χ3v) is 10.8. The second kappa shape index (κ2) is 9.44. The van der Waals surface area contributed by atoms with Crippen LogP contribution in [0.2, 0.25) is 0 Å². The Morgan fingerprint density at radius 2 is 1.06 bits per heavy atom. The van der Waals surface area contributed by atoms with E-state index in [9.17, 15) is 0 Å². The van der Waals surface area contributed by atoms with Crippen LogP contribution in [0.25, 0.3) is 35.4 Å². The van der Waals surface area contributed by atoms with Crippen LogP contribution < -0.4 is 20.9 Å². The molecule has 2 unspecified atom stereocenters. The van der Waals surface area contributed by atoms with Gasteiger partial charge in [0.1, 0.15) is 0 Å². The summed E-state index contributed by atoms with van der Waals surface area (Å²) in [6.07, 6.45) is 20.5. The molecule has 2 atom stereocenters. The van der Waals surface area contributed by atoms with E-state index in [1.54, 1.807) is 0 Å². The number of fused-ring (bicyclic) bond motifs is 2. The predicted molar refractivity (Wildman–Crippen MR) is 163 cm³/mol. The fourth-order valence-electron chi connectivity index (χ4n) is 5.50. The van der Waals surface area contributed by atoms with E-state index < -0.39 is 0 Å². The average Bonchev–Trinajstić information content (AvgIpc) is 3.39. The molecule has 0 spiro atoms. The zero-order valence-corrected chi connectivity index (χ0v) is 23.5. The van der Waals surface area contributed by atoms with Gasteiger partial charge < -0.3 is 0 Å². The maximum atomic E-state index is 2.48. The van der Waals surface area contributed by atoms with E-state index in [0.717, 1.165) is 29.2 Å². The van der Waals surface area contributed by atoms with Crippen molar-refractivity contribution in [2.24, 2.45) is 0 Å². The summed E-state index contributed by atoms with van der Waals surface area (Å²) in [5, 5.41) is 8.37. The maximum absolute atomic E-state index is 2.48. The Bertz CT molecular complexity index is 1680. The molecule has 6 rings (SSSR count). The second-order valence-electron chi connectivity index (χ2n) is 10.1. The van der Waals surface area contributed by atoms with Gasteiger partial charge in [0.15, 0.2) is 0 Å². The smallest absolute Gasteiger partial charge is 0.00525 e. The standard InChI is InChI=1S/C34H32P2/c1-21-19-35-31(23(21)3)17-27-15-13-25-9-5-7-11-29(25)33(27)34-28(18-32-24(4)22(2)20-36-32)16-14-26-10-6-8-12-30(26)34/h5-10,13-20,35-36H,11-12H2,1-4H3. The van der Waals surface area contributed by atoms with Gasteiger partial charge in [-0.05, 0) is 140 Å². The normalized spacial score (nSPS) is 15.4. The highest BCUT2D eigenvalue weighted by Gasteiger charge is 2.17. The van der Waals surface area contributed by atoms with Gasteiger partial charge in [-0.3, -0.25) is 0 Å². The molecule has 36 heavy (non-hydrogen) atoms. The first kappa shape index (κ1) is 23.4. The van der Waals surface area contributed by atoms with Gasteiger partial charge in [0, 0.05) is 0 Å². The van der Waals surface area contributed by atoms with Crippen molar-refractivity contribution in [3.8, 4) is 11.1 Å². The molecule has 0 saturated heterocycles. The minimum absolute atomic E-state index is 0.753. The van der Waals surface area contributed by atoms with E-state index in [-0.39, 0.29) is 0 Å². The molecular weight excluding hydrogens is 470 g/mol. The maximum Gasteiger partial charge on any atom is -0.00525 e. The largest absolute Gasteiger partial charge is 0.132 e. The van der Waals surface area contributed by atoms with Crippen LogP contribution in [0.4, 0.5) is 0 Å². The molecule has 0 N–H and O–H groups in total. The Balaban J connectivity index is 1.76. The summed E-state index contributed by atoms with van der Waals surface area (Å²) < 4.78 is 0. The second-order valence-corrected chi connectivity index (χ2v) is 12.3. The van der Waals surface area contributed by atoms with Crippen molar-refractivity contribution < 1.29 is 0 Å². The monoisotopic (exact) mass is 502 g/mol. The van der Waals surface area contributed by atoms with Crippen molar-refractivity contribution in [3.05, 3.63) is 125 Å². The molecule has 2 aromatic heterocycles. The molecule has 2 aromatic carbocycles. The van der Waals surface area contributed by atoms with Crippen molar-refractivity contribution in [2.75, 3.05) is 0 Å². The highest BCUT2D eigenvalue weighted by atomic mass is 31.0. The fourth-order valence-corrected chi connectivity index (χ4v) is 7.99. The van der Waals surface area contributed by atoms with Gasteiger partial charge in [0.25, 0.3) is 0 Å². The van der Waals surface area contributed by atoms with E-state index in [1.807, 2.05) is 0 Å². The summed E-state index contributed by atoms with van der Waals surface area (Å²) in [7, 11) is 1.51. The highest BCUT2D eigenvalue weighted by Crippen LogP contribution is 2.29. The number of hydrogen-bond donors (Lipinski definition) is 0. The van der Waals surface area contributed by atoms with Crippen LogP contribution >= 0.6 is 16.4 Å². The lowest BCUT2D eigenvalue weighted by atomic mass is 9.85. The number of rotatable bonds is 3. The molecule has 2 heterocycles. The summed E-state index contributed by atoms with van der Waals surface area (Å²) in [6.45, 7) is 9.05. The third kappa shape index (κ3) is 4.04. The van der Waals surface area contributed by atoms with Gasteiger partial charge in [0.05, 0.1) is 0 Å². The van der Waals surface area contributed by atoms with Crippen LogP contribution in [0.3, 0.4) is 0 Å². The van der Waals surface area contributed by atoms with E-state index in [4.69, 9.17) is 0 Å². The molecule has 0 aliphatic heterocycles. The molecule has 0 bridgehead atoms. The first-order valence-electron chi connectivity index (χ1n) is 12.8. The number of aryl methyl sites for hydroxylation is 2. The summed E-state index contributed by atoms with van der Waals surface area (Å²) in [4.78, 5) is 0. The molecule has 4 aromatic rings. The zero-order chi connectivity index (χ0) is 24.8. The molecule has 0 saturated carbocycles. The molecule has 0 fully saturated rings. The molecule has 178 valence electrons. The van der Waals surface area contributed by atoms with Crippen LogP contribution in [0.5, 0.6) is 0 Å². The molecular formula is C34H32P2. The van der Waals surface area contributed by atoms with Gasteiger partial charge in [-0.25, -0.2) is 0 Å². The predicted octanol–water partition coefficient (Wildman–Crippen LogP) is 6.09. The Labute approximate surface area is 217 Å². The molecule has 2 aliphatic carbocycles. The highest BCUT2D eigenvalue weighted by molar-refractivity contribution is 7.31. The molecule has 0 nitrogen and oxygen atoms in total. The quantitative estimate of drug-likeness (QED) is 0.318. The van der Waals surface area contributed by atoms with Crippen molar-refractivity contribution >= 4 is 40.7 Å². The van der Waals surface area contributed by atoms with Crippen LogP contribution in [0.15, 0.2) is 60.2 Å². The van der Waals surface area contributed by atoms with Gasteiger partial charge in [0.2, 0.25) is 0 Å². The summed E-state index contributed by atoms with van der Waals surface area (Å²) >= 11 is 0. The Morgan fingerprint density at radius 1 is 0.611 bits per heavy atom. The molecule has 2 aliphatic rings. The molecule has 0 amide bonds. The minimum Gasteiger partial charge on any atom is -0.132 e. The third-order valence-electron chi connectivity index (χ3n) is 7.96. The number of benzene rings is 2. The Kier molecular flexibility index (Phi) is 6.13. The van der Waals surface area contributed by atoms with E-state index in [0.29, 0.717) is 0 Å². The topological polar surface area (TPSA) is 0 Å². The summed E-state index contributed by atoms with van der Waals surface area (Å²) in [5.41, 5.74) is 11.5. The van der Waals surface area contributed by atoms with Crippen LogP contribution in [0.1, 0.15) is 44.0 Å². The van der Waals surface area contributed by atoms with Crippen LogP contribution in [-0.2, 0) is 12.8 Å². The first-order valence-corrected chi connectivity index (χ1v) is 15.0. The van der Waals surface area contributed by atoms with Gasteiger partial charge in [-0.1, -0.05) is 60.7 Å². The molecule has 2 heteroatoms. The fraction of sp³-hybridized carbons (Fsp3) is 0.176. The summed E-state index contributed by atoms with van der Waals surface area (Å²) in [5.74, 6) is 4.79. The molecule has 0 radical (unpaired) electrons. The van der Waals surface area contributed by atoms with Gasteiger partial charge in [-0.2, -0.15) is 0 Å². The van der Waals surface area contributed by atoms with Crippen molar-refractivity contribution in [3.63, 3.8) is 0 Å². The Hall–Kier alpha value is -3.04. The van der Waals surface area contributed by atoms with Crippen LogP contribution in [-0.4, -0.2) is 0 Å².